The molecule has 0 aliphatic heterocycles. The Balaban J connectivity index is 1.74. The lowest BCUT2D eigenvalue weighted by atomic mass is 10.1. The SMILES string of the molecule is CC(c1nccs1)N(C)Cc1cccc(-n2cccn2)c1. The van der Waals surface area contributed by atoms with Crippen LogP contribution in [0.15, 0.2) is 54.3 Å². The van der Waals surface area contributed by atoms with E-state index in [1.54, 1.807) is 17.5 Å². The Bertz CT molecular complexity index is 676. The Labute approximate surface area is 128 Å². The van der Waals surface area contributed by atoms with E-state index in [1.807, 2.05) is 28.5 Å². The summed E-state index contributed by atoms with van der Waals surface area (Å²) in [5.74, 6) is 0. The average molecular weight is 298 g/mol. The third-order valence-electron chi connectivity index (χ3n) is 3.58. The van der Waals surface area contributed by atoms with Crippen LogP contribution in [0.1, 0.15) is 23.5 Å². The molecule has 2 aromatic heterocycles. The molecule has 2 heterocycles. The molecule has 21 heavy (non-hydrogen) atoms. The van der Waals surface area contributed by atoms with Crippen LogP contribution in [0.4, 0.5) is 0 Å². The van der Waals surface area contributed by atoms with E-state index in [4.69, 9.17) is 0 Å². The van der Waals surface area contributed by atoms with Crippen molar-refractivity contribution in [3.05, 3.63) is 64.9 Å². The second-order valence-corrected chi connectivity index (χ2v) is 6.01. The molecule has 1 unspecified atom stereocenters. The van der Waals surface area contributed by atoms with E-state index < -0.39 is 0 Å². The van der Waals surface area contributed by atoms with Gasteiger partial charge in [0.2, 0.25) is 0 Å². The van der Waals surface area contributed by atoms with Gasteiger partial charge >= 0.3 is 0 Å². The third-order valence-corrected chi connectivity index (χ3v) is 4.53. The van der Waals surface area contributed by atoms with Crippen molar-refractivity contribution in [1.29, 1.82) is 0 Å². The van der Waals surface area contributed by atoms with Crippen LogP contribution in [0.3, 0.4) is 0 Å². The van der Waals surface area contributed by atoms with Crippen LogP contribution >= 0.6 is 11.3 Å². The second-order valence-electron chi connectivity index (χ2n) is 5.08. The first-order chi connectivity index (χ1) is 10.2. The van der Waals surface area contributed by atoms with Gasteiger partial charge in [0.05, 0.1) is 11.7 Å². The standard InChI is InChI=1S/C16H18N4S/c1-13(16-17-8-10-21-16)19(2)12-14-5-3-6-15(11-14)20-9-4-7-18-20/h3-11,13H,12H2,1-2H3. The molecule has 108 valence electrons. The molecule has 0 bridgehead atoms. The summed E-state index contributed by atoms with van der Waals surface area (Å²) in [6.07, 6.45) is 5.62. The normalized spacial score (nSPS) is 12.7. The monoisotopic (exact) mass is 298 g/mol. The van der Waals surface area contributed by atoms with Crippen molar-refractivity contribution in [2.75, 3.05) is 7.05 Å². The molecular weight excluding hydrogens is 280 g/mol. The highest BCUT2D eigenvalue weighted by molar-refractivity contribution is 7.09. The van der Waals surface area contributed by atoms with Gasteiger partial charge < -0.3 is 0 Å². The van der Waals surface area contributed by atoms with E-state index in [9.17, 15) is 0 Å². The minimum Gasteiger partial charge on any atom is -0.293 e. The van der Waals surface area contributed by atoms with Gasteiger partial charge in [0.1, 0.15) is 5.01 Å². The van der Waals surface area contributed by atoms with Crippen molar-refractivity contribution in [2.24, 2.45) is 0 Å². The molecule has 0 spiro atoms. The first-order valence-corrected chi connectivity index (χ1v) is 7.80. The van der Waals surface area contributed by atoms with Gasteiger partial charge in [0.15, 0.2) is 0 Å². The largest absolute Gasteiger partial charge is 0.293 e. The van der Waals surface area contributed by atoms with E-state index in [0.717, 1.165) is 17.2 Å². The van der Waals surface area contributed by atoms with Gasteiger partial charge in [0.25, 0.3) is 0 Å². The van der Waals surface area contributed by atoms with Crippen molar-refractivity contribution >= 4 is 11.3 Å². The van der Waals surface area contributed by atoms with Crippen molar-refractivity contribution in [3.63, 3.8) is 0 Å². The van der Waals surface area contributed by atoms with Crippen molar-refractivity contribution in [2.45, 2.75) is 19.5 Å². The van der Waals surface area contributed by atoms with Crippen LogP contribution in [0.25, 0.3) is 5.69 Å². The quantitative estimate of drug-likeness (QED) is 0.722. The topological polar surface area (TPSA) is 34.0 Å². The van der Waals surface area contributed by atoms with Crippen LogP contribution in [-0.2, 0) is 6.54 Å². The summed E-state index contributed by atoms with van der Waals surface area (Å²) in [4.78, 5) is 6.71. The second kappa shape index (κ2) is 6.20. The smallest absolute Gasteiger partial charge is 0.109 e. The average Bonchev–Trinajstić information content (AvgIpc) is 3.20. The first kappa shape index (κ1) is 14.0. The number of aromatic nitrogens is 3. The molecule has 3 aromatic rings. The Morgan fingerprint density at radius 3 is 2.90 bits per heavy atom. The van der Waals surface area contributed by atoms with E-state index in [1.165, 1.54) is 5.56 Å². The zero-order valence-electron chi connectivity index (χ0n) is 12.2. The predicted molar refractivity (Wildman–Crippen MR) is 85.6 cm³/mol. The summed E-state index contributed by atoms with van der Waals surface area (Å²) in [6, 6.07) is 10.7. The maximum Gasteiger partial charge on any atom is 0.109 e. The fourth-order valence-corrected chi connectivity index (χ4v) is 3.03. The van der Waals surface area contributed by atoms with Crippen LogP contribution in [0.5, 0.6) is 0 Å². The Morgan fingerprint density at radius 2 is 2.19 bits per heavy atom. The maximum absolute atomic E-state index is 4.40. The van der Waals surface area contributed by atoms with E-state index in [0.29, 0.717) is 6.04 Å². The van der Waals surface area contributed by atoms with Gasteiger partial charge in [-0.15, -0.1) is 11.3 Å². The lowest BCUT2D eigenvalue weighted by Gasteiger charge is -2.23. The molecule has 1 aromatic carbocycles. The molecule has 0 fully saturated rings. The van der Waals surface area contributed by atoms with Crippen molar-refractivity contribution in [1.82, 2.24) is 19.7 Å². The highest BCUT2D eigenvalue weighted by Crippen LogP contribution is 2.22. The number of hydrogen-bond acceptors (Lipinski definition) is 4. The molecule has 1 atom stereocenters. The van der Waals surface area contributed by atoms with Crippen LogP contribution in [-0.4, -0.2) is 26.7 Å². The van der Waals surface area contributed by atoms with Crippen LogP contribution in [0.2, 0.25) is 0 Å². The molecule has 0 saturated heterocycles. The van der Waals surface area contributed by atoms with Gasteiger partial charge in [-0.05, 0) is 37.7 Å². The molecule has 5 heteroatoms. The number of rotatable bonds is 5. The molecule has 0 saturated carbocycles. The zero-order chi connectivity index (χ0) is 14.7. The Kier molecular flexibility index (Phi) is 4.13. The molecular formula is C16H18N4S. The van der Waals surface area contributed by atoms with E-state index >= 15 is 0 Å². The summed E-state index contributed by atoms with van der Waals surface area (Å²) >= 11 is 1.70. The number of nitrogens with zero attached hydrogens (tertiary/aromatic N) is 4. The molecule has 4 nitrogen and oxygen atoms in total. The Hall–Kier alpha value is -1.98. The third kappa shape index (κ3) is 3.20. The zero-order valence-corrected chi connectivity index (χ0v) is 13.0. The van der Waals surface area contributed by atoms with E-state index in [-0.39, 0.29) is 0 Å². The minimum atomic E-state index is 0.318. The van der Waals surface area contributed by atoms with Crippen LogP contribution < -0.4 is 0 Å². The van der Waals surface area contributed by atoms with Crippen molar-refractivity contribution in [3.8, 4) is 5.69 Å². The van der Waals surface area contributed by atoms with Crippen molar-refractivity contribution < 1.29 is 0 Å². The van der Waals surface area contributed by atoms with Gasteiger partial charge in [0, 0.05) is 30.5 Å². The summed E-state index contributed by atoms with van der Waals surface area (Å²) in [6.45, 7) is 3.08. The minimum absolute atomic E-state index is 0.318. The molecule has 0 amide bonds. The maximum atomic E-state index is 4.40. The van der Waals surface area contributed by atoms with Gasteiger partial charge in [-0.3, -0.25) is 4.90 Å². The fraction of sp³-hybridized carbons (Fsp3) is 0.250. The summed E-state index contributed by atoms with van der Waals surface area (Å²) in [7, 11) is 2.13. The van der Waals surface area contributed by atoms with Gasteiger partial charge in [-0.25, -0.2) is 9.67 Å². The fourth-order valence-electron chi connectivity index (χ4n) is 2.27. The number of thiazole rings is 1. The highest BCUT2D eigenvalue weighted by Gasteiger charge is 2.14. The summed E-state index contributed by atoms with van der Waals surface area (Å²) in [5, 5.41) is 7.46. The lowest BCUT2D eigenvalue weighted by Crippen LogP contribution is -2.21. The first-order valence-electron chi connectivity index (χ1n) is 6.92. The number of hydrogen-bond donors (Lipinski definition) is 0. The molecule has 3 rings (SSSR count). The lowest BCUT2D eigenvalue weighted by molar-refractivity contribution is 0.252. The molecule has 0 radical (unpaired) electrons. The summed E-state index contributed by atoms with van der Waals surface area (Å²) < 4.78 is 1.88. The van der Waals surface area contributed by atoms with Gasteiger partial charge in [-0.1, -0.05) is 12.1 Å². The molecule has 0 aliphatic rings. The molecule has 0 aliphatic carbocycles. The summed E-state index contributed by atoms with van der Waals surface area (Å²) in [5.41, 5.74) is 2.36. The highest BCUT2D eigenvalue weighted by atomic mass is 32.1. The Morgan fingerprint density at radius 1 is 1.29 bits per heavy atom. The van der Waals surface area contributed by atoms with Crippen LogP contribution in [0, 0.1) is 0 Å². The molecule has 0 N–H and O–H groups in total. The van der Waals surface area contributed by atoms with E-state index in [2.05, 4.69) is 53.2 Å². The van der Waals surface area contributed by atoms with Gasteiger partial charge in [-0.2, -0.15) is 5.10 Å². The predicted octanol–water partition coefficient (Wildman–Crippen LogP) is 3.52. The number of benzene rings is 1.